The molecule has 4 heteroatoms. The fourth-order valence-electron chi connectivity index (χ4n) is 3.16. The van der Waals surface area contributed by atoms with Crippen molar-refractivity contribution in [2.75, 3.05) is 20.2 Å². The van der Waals surface area contributed by atoms with E-state index in [1.807, 2.05) is 41.5 Å². The number of aryl methyl sites for hydroxylation is 1. The van der Waals surface area contributed by atoms with Gasteiger partial charge in [0, 0.05) is 17.8 Å². The van der Waals surface area contributed by atoms with Gasteiger partial charge in [-0.3, -0.25) is 4.68 Å². The van der Waals surface area contributed by atoms with Crippen LogP contribution < -0.4 is 10.1 Å². The predicted octanol–water partition coefficient (Wildman–Crippen LogP) is 4.77. The molecule has 1 aromatic heterocycles. The third-order valence-electron chi connectivity index (χ3n) is 4.04. The van der Waals surface area contributed by atoms with Crippen molar-refractivity contribution in [2.45, 2.75) is 86.1 Å². The van der Waals surface area contributed by atoms with Gasteiger partial charge in [0.1, 0.15) is 0 Å². The SMILES string of the molecule is CC.CC.CC.COc1nn2c(c1C1CCNCC1)CCCC2. The topological polar surface area (TPSA) is 39.1 Å². The number of nitrogens with one attached hydrogen (secondary N) is 1. The summed E-state index contributed by atoms with van der Waals surface area (Å²) >= 11 is 0. The fourth-order valence-corrected chi connectivity index (χ4v) is 3.16. The van der Waals surface area contributed by atoms with Crippen LogP contribution in [0.5, 0.6) is 5.88 Å². The second-order valence-electron chi connectivity index (χ2n) is 5.07. The molecule has 0 aromatic carbocycles. The van der Waals surface area contributed by atoms with E-state index < -0.39 is 0 Å². The molecule has 0 bridgehead atoms. The van der Waals surface area contributed by atoms with Crippen LogP contribution in [0.4, 0.5) is 0 Å². The first kappa shape index (κ1) is 22.0. The van der Waals surface area contributed by atoms with E-state index in [0.717, 1.165) is 25.5 Å². The maximum absolute atomic E-state index is 5.50. The molecule has 2 aliphatic rings. The van der Waals surface area contributed by atoms with Crippen LogP contribution in [0, 0.1) is 0 Å². The molecule has 0 radical (unpaired) electrons. The molecule has 3 rings (SSSR count). The molecule has 0 saturated carbocycles. The minimum absolute atomic E-state index is 0.646. The highest BCUT2D eigenvalue weighted by molar-refractivity contribution is 5.36. The molecule has 1 N–H and O–H groups in total. The average Bonchev–Trinajstić information content (AvgIpc) is 3.06. The maximum Gasteiger partial charge on any atom is 0.236 e. The van der Waals surface area contributed by atoms with E-state index in [4.69, 9.17) is 4.74 Å². The molecular weight excluding hydrogens is 286 g/mol. The number of hydrogen-bond donors (Lipinski definition) is 1. The molecular formula is C19H39N3O. The summed E-state index contributed by atoms with van der Waals surface area (Å²) < 4.78 is 7.68. The zero-order valence-electron chi connectivity index (χ0n) is 16.5. The number of piperidine rings is 1. The van der Waals surface area contributed by atoms with Crippen molar-refractivity contribution in [3.8, 4) is 5.88 Å². The second kappa shape index (κ2) is 13.4. The summed E-state index contributed by atoms with van der Waals surface area (Å²) in [6.07, 6.45) is 6.16. The van der Waals surface area contributed by atoms with Gasteiger partial charge < -0.3 is 10.1 Å². The van der Waals surface area contributed by atoms with Gasteiger partial charge in [0.15, 0.2) is 0 Å². The molecule has 0 atom stereocenters. The number of fused-ring (bicyclic) bond motifs is 1. The molecule has 4 nitrogen and oxygen atoms in total. The molecule has 23 heavy (non-hydrogen) atoms. The van der Waals surface area contributed by atoms with Crippen LogP contribution in [-0.4, -0.2) is 30.0 Å². The molecule has 0 aliphatic carbocycles. The van der Waals surface area contributed by atoms with Gasteiger partial charge >= 0.3 is 0 Å². The van der Waals surface area contributed by atoms with E-state index in [1.54, 1.807) is 7.11 Å². The Bertz CT molecular complexity index is 396. The van der Waals surface area contributed by atoms with Gasteiger partial charge in [-0.25, -0.2) is 0 Å². The van der Waals surface area contributed by atoms with Crippen molar-refractivity contribution < 1.29 is 4.74 Å². The van der Waals surface area contributed by atoms with E-state index in [1.165, 1.54) is 43.4 Å². The van der Waals surface area contributed by atoms with Crippen molar-refractivity contribution in [3.63, 3.8) is 0 Å². The number of nitrogens with zero attached hydrogens (tertiary/aromatic N) is 2. The van der Waals surface area contributed by atoms with Crippen molar-refractivity contribution in [3.05, 3.63) is 11.3 Å². The summed E-state index contributed by atoms with van der Waals surface area (Å²) in [5, 5.41) is 8.04. The van der Waals surface area contributed by atoms with Crippen LogP contribution in [0.15, 0.2) is 0 Å². The van der Waals surface area contributed by atoms with Crippen LogP contribution in [-0.2, 0) is 13.0 Å². The lowest BCUT2D eigenvalue weighted by Gasteiger charge is -2.24. The first-order chi connectivity index (χ1) is 11.4. The Kier molecular flexibility index (Phi) is 12.8. The van der Waals surface area contributed by atoms with Gasteiger partial charge in [-0.05, 0) is 51.1 Å². The molecule has 136 valence electrons. The highest BCUT2D eigenvalue weighted by Crippen LogP contribution is 2.37. The van der Waals surface area contributed by atoms with Gasteiger partial charge in [0.05, 0.1) is 7.11 Å². The number of ether oxygens (including phenoxy) is 1. The van der Waals surface area contributed by atoms with Crippen molar-refractivity contribution in [1.82, 2.24) is 15.1 Å². The molecule has 2 aliphatic heterocycles. The van der Waals surface area contributed by atoms with Crippen LogP contribution in [0.25, 0.3) is 0 Å². The Morgan fingerprint density at radius 1 is 1.00 bits per heavy atom. The Labute approximate surface area is 144 Å². The number of methoxy groups -OCH3 is 1. The summed E-state index contributed by atoms with van der Waals surface area (Å²) in [7, 11) is 1.75. The molecule has 0 amide bonds. The maximum atomic E-state index is 5.50. The number of aromatic nitrogens is 2. The lowest BCUT2D eigenvalue weighted by molar-refractivity contribution is 0.373. The van der Waals surface area contributed by atoms with Gasteiger partial charge in [-0.1, -0.05) is 41.5 Å². The molecule has 0 spiro atoms. The predicted molar refractivity (Wildman–Crippen MR) is 101 cm³/mol. The van der Waals surface area contributed by atoms with Crippen molar-refractivity contribution in [1.29, 1.82) is 0 Å². The molecule has 1 fully saturated rings. The largest absolute Gasteiger partial charge is 0.480 e. The third-order valence-corrected chi connectivity index (χ3v) is 4.04. The smallest absolute Gasteiger partial charge is 0.236 e. The van der Waals surface area contributed by atoms with Crippen LogP contribution >= 0.6 is 0 Å². The van der Waals surface area contributed by atoms with Gasteiger partial charge in [-0.15, -0.1) is 5.10 Å². The fraction of sp³-hybridized carbons (Fsp3) is 0.842. The second-order valence-corrected chi connectivity index (χ2v) is 5.07. The monoisotopic (exact) mass is 325 g/mol. The zero-order valence-corrected chi connectivity index (χ0v) is 16.5. The highest BCUT2D eigenvalue weighted by Gasteiger charge is 2.28. The molecule has 1 aromatic rings. The summed E-state index contributed by atoms with van der Waals surface area (Å²) in [5.41, 5.74) is 2.86. The van der Waals surface area contributed by atoms with Gasteiger partial charge in [-0.2, -0.15) is 0 Å². The summed E-state index contributed by atoms with van der Waals surface area (Å²) in [6.45, 7) is 15.3. The van der Waals surface area contributed by atoms with Crippen molar-refractivity contribution in [2.24, 2.45) is 0 Å². The van der Waals surface area contributed by atoms with Gasteiger partial charge in [0.2, 0.25) is 5.88 Å². The molecule has 1 saturated heterocycles. The Balaban J connectivity index is 0.000000728. The van der Waals surface area contributed by atoms with E-state index in [-0.39, 0.29) is 0 Å². The van der Waals surface area contributed by atoms with E-state index in [9.17, 15) is 0 Å². The minimum atomic E-state index is 0.646. The van der Waals surface area contributed by atoms with Crippen LogP contribution in [0.2, 0.25) is 0 Å². The Morgan fingerprint density at radius 3 is 2.17 bits per heavy atom. The highest BCUT2D eigenvalue weighted by atomic mass is 16.5. The average molecular weight is 326 g/mol. The summed E-state index contributed by atoms with van der Waals surface area (Å²) in [5.74, 6) is 1.53. The standard InChI is InChI=1S/C13H21N3O.3C2H6/c1-17-13-12(10-5-7-14-8-6-10)11-4-2-3-9-16(11)15-13;3*1-2/h10,14H,2-9H2,1H3;3*1-2H3. The van der Waals surface area contributed by atoms with E-state index in [2.05, 4.69) is 15.1 Å². The first-order valence-electron chi connectivity index (χ1n) is 9.74. The zero-order chi connectivity index (χ0) is 17.7. The first-order valence-corrected chi connectivity index (χ1v) is 9.74. The quantitative estimate of drug-likeness (QED) is 0.851. The lowest BCUT2D eigenvalue weighted by Crippen LogP contribution is -2.27. The van der Waals surface area contributed by atoms with Crippen LogP contribution in [0.1, 0.15) is 84.4 Å². The Hall–Kier alpha value is -1.03. The van der Waals surface area contributed by atoms with Crippen molar-refractivity contribution >= 4 is 0 Å². The van der Waals surface area contributed by atoms with Gasteiger partial charge in [0.25, 0.3) is 0 Å². The summed E-state index contributed by atoms with van der Waals surface area (Å²) in [4.78, 5) is 0. The molecule has 0 unspecified atom stereocenters. The normalized spacial score (nSPS) is 16.5. The third kappa shape index (κ3) is 5.83. The number of rotatable bonds is 2. The van der Waals surface area contributed by atoms with E-state index >= 15 is 0 Å². The lowest BCUT2D eigenvalue weighted by atomic mass is 9.88. The summed E-state index contributed by atoms with van der Waals surface area (Å²) in [6, 6.07) is 0. The van der Waals surface area contributed by atoms with E-state index in [0.29, 0.717) is 5.92 Å². The number of hydrogen-bond acceptors (Lipinski definition) is 3. The Morgan fingerprint density at radius 2 is 1.61 bits per heavy atom. The minimum Gasteiger partial charge on any atom is -0.480 e. The van der Waals surface area contributed by atoms with Crippen LogP contribution in [0.3, 0.4) is 0 Å². The molecule has 3 heterocycles.